The van der Waals surface area contributed by atoms with Gasteiger partial charge in [-0.15, -0.1) is 0 Å². The van der Waals surface area contributed by atoms with Crippen molar-refractivity contribution in [2.24, 2.45) is 5.14 Å². The number of esters is 1. The van der Waals surface area contributed by atoms with Gasteiger partial charge in [0, 0.05) is 6.54 Å². The Morgan fingerprint density at radius 2 is 1.85 bits per heavy atom. The maximum Gasteiger partial charge on any atom is 0.341 e. The Hall–Kier alpha value is -2.78. The van der Waals surface area contributed by atoms with E-state index in [4.69, 9.17) is 9.88 Å². The maximum atomic E-state index is 13.8. The summed E-state index contributed by atoms with van der Waals surface area (Å²) in [6.07, 6.45) is -1.20. The van der Waals surface area contributed by atoms with Crippen LogP contribution in [-0.4, -0.2) is 26.4 Å². The minimum absolute atomic E-state index is 0.233. The fourth-order valence-corrected chi connectivity index (χ4v) is 2.58. The molecular weight excluding hydrogens is 363 g/mol. The largest absolute Gasteiger partial charge is 0.449 e. The predicted octanol–water partition coefficient (Wildman–Crippen LogP) is 1.33. The van der Waals surface area contributed by atoms with Gasteiger partial charge < -0.3 is 10.1 Å². The number of carbonyl (C=O) groups excluding carboxylic acids is 2. The van der Waals surface area contributed by atoms with Crippen LogP contribution >= 0.6 is 0 Å². The van der Waals surface area contributed by atoms with E-state index in [1.807, 2.05) is 30.3 Å². The van der Waals surface area contributed by atoms with E-state index in [-0.39, 0.29) is 6.54 Å². The molecule has 2 aromatic rings. The van der Waals surface area contributed by atoms with Crippen LogP contribution in [0.1, 0.15) is 22.8 Å². The lowest BCUT2D eigenvalue weighted by Gasteiger charge is -2.14. The molecule has 1 amide bonds. The van der Waals surface area contributed by atoms with Crippen molar-refractivity contribution >= 4 is 21.9 Å². The number of hydrogen-bond donors (Lipinski definition) is 2. The van der Waals surface area contributed by atoms with Crippen LogP contribution in [0.15, 0.2) is 53.4 Å². The molecule has 0 aromatic heterocycles. The molecule has 0 radical (unpaired) electrons. The third-order valence-corrected chi connectivity index (χ3v) is 4.36. The van der Waals surface area contributed by atoms with E-state index in [1.54, 1.807) is 0 Å². The molecule has 0 aliphatic rings. The summed E-state index contributed by atoms with van der Waals surface area (Å²) in [5.41, 5.74) is 0.227. The Morgan fingerprint density at radius 3 is 2.46 bits per heavy atom. The van der Waals surface area contributed by atoms with Gasteiger partial charge in [-0.2, -0.15) is 0 Å². The molecule has 0 heterocycles. The van der Waals surface area contributed by atoms with Gasteiger partial charge in [0.2, 0.25) is 10.0 Å². The Kier molecular flexibility index (Phi) is 6.06. The minimum Gasteiger partial charge on any atom is -0.449 e. The van der Waals surface area contributed by atoms with Crippen LogP contribution in [0.4, 0.5) is 4.39 Å². The number of nitrogens with two attached hydrogens (primary N) is 1. The molecule has 7 nitrogen and oxygen atoms in total. The first-order valence-electron chi connectivity index (χ1n) is 7.53. The van der Waals surface area contributed by atoms with Crippen molar-refractivity contribution in [3.05, 3.63) is 65.5 Å². The van der Waals surface area contributed by atoms with Gasteiger partial charge in [-0.05, 0) is 30.7 Å². The second kappa shape index (κ2) is 8.07. The van der Waals surface area contributed by atoms with E-state index >= 15 is 0 Å². The first-order valence-corrected chi connectivity index (χ1v) is 9.08. The lowest BCUT2D eigenvalue weighted by molar-refractivity contribution is -0.129. The molecule has 2 rings (SSSR count). The number of rotatable bonds is 6. The molecule has 0 aliphatic heterocycles. The van der Waals surface area contributed by atoms with Crippen LogP contribution in [0.25, 0.3) is 0 Å². The summed E-state index contributed by atoms with van der Waals surface area (Å²) in [5.74, 6) is -2.74. The summed E-state index contributed by atoms with van der Waals surface area (Å²) in [6, 6.07) is 11.6. The molecule has 0 fully saturated rings. The highest BCUT2D eigenvalue weighted by Crippen LogP contribution is 2.16. The van der Waals surface area contributed by atoms with Crippen molar-refractivity contribution in [1.82, 2.24) is 5.32 Å². The van der Waals surface area contributed by atoms with Gasteiger partial charge in [0.05, 0.1) is 10.5 Å². The monoisotopic (exact) mass is 380 g/mol. The first-order chi connectivity index (χ1) is 12.2. The smallest absolute Gasteiger partial charge is 0.341 e. The number of hydrogen-bond acceptors (Lipinski definition) is 5. The zero-order valence-corrected chi connectivity index (χ0v) is 14.6. The summed E-state index contributed by atoms with van der Waals surface area (Å²) < 4.78 is 41.3. The third kappa shape index (κ3) is 5.11. The molecule has 0 bridgehead atoms. The number of amides is 1. The van der Waals surface area contributed by atoms with Crippen LogP contribution in [0.2, 0.25) is 0 Å². The van der Waals surface area contributed by atoms with Crippen molar-refractivity contribution in [3.63, 3.8) is 0 Å². The maximum absolute atomic E-state index is 13.8. The van der Waals surface area contributed by atoms with Gasteiger partial charge in [-0.1, -0.05) is 30.3 Å². The quantitative estimate of drug-likeness (QED) is 0.734. The standard InChI is InChI=1S/C17H17FN2O5S/c1-11(16(21)20-10-12-5-3-2-4-6-12)25-17(22)14-9-13(26(19,23)24)7-8-15(14)18/h2-9,11H,10H2,1H3,(H,20,21)(H2,19,23,24). The van der Waals surface area contributed by atoms with E-state index in [0.717, 1.165) is 23.8 Å². The fraction of sp³-hybridized carbons (Fsp3) is 0.176. The SMILES string of the molecule is CC(OC(=O)c1cc(S(N)(=O)=O)ccc1F)C(=O)NCc1ccccc1. The number of sulfonamides is 1. The number of carbonyl (C=O) groups is 2. The zero-order chi connectivity index (χ0) is 19.3. The summed E-state index contributed by atoms with van der Waals surface area (Å²) in [4.78, 5) is 23.6. The normalized spacial score (nSPS) is 12.3. The summed E-state index contributed by atoms with van der Waals surface area (Å²) in [7, 11) is -4.11. The van der Waals surface area contributed by atoms with E-state index in [1.165, 1.54) is 6.92 Å². The van der Waals surface area contributed by atoms with Gasteiger partial charge in [0.15, 0.2) is 6.10 Å². The van der Waals surface area contributed by atoms with E-state index in [9.17, 15) is 22.4 Å². The number of halogens is 1. The molecule has 1 unspecified atom stereocenters. The van der Waals surface area contributed by atoms with E-state index in [0.29, 0.717) is 0 Å². The molecule has 138 valence electrons. The lowest BCUT2D eigenvalue weighted by atomic mass is 10.2. The summed E-state index contributed by atoms with van der Waals surface area (Å²) in [5, 5.41) is 7.53. The molecule has 0 aliphatic carbocycles. The van der Waals surface area contributed by atoms with Crippen molar-refractivity contribution < 1.29 is 27.1 Å². The minimum atomic E-state index is -4.11. The molecule has 2 aromatic carbocycles. The van der Waals surface area contributed by atoms with Crippen molar-refractivity contribution in [2.45, 2.75) is 24.5 Å². The average molecular weight is 380 g/mol. The van der Waals surface area contributed by atoms with Crippen molar-refractivity contribution in [3.8, 4) is 0 Å². The van der Waals surface area contributed by atoms with Gasteiger partial charge in [0.1, 0.15) is 5.82 Å². The molecule has 0 spiro atoms. The van der Waals surface area contributed by atoms with Crippen LogP contribution in [0, 0.1) is 5.82 Å². The second-order valence-electron chi connectivity index (χ2n) is 5.44. The Morgan fingerprint density at radius 1 is 1.19 bits per heavy atom. The highest BCUT2D eigenvalue weighted by atomic mass is 32.2. The highest BCUT2D eigenvalue weighted by molar-refractivity contribution is 7.89. The molecule has 26 heavy (non-hydrogen) atoms. The van der Waals surface area contributed by atoms with Crippen LogP contribution in [0.3, 0.4) is 0 Å². The Balaban J connectivity index is 2.03. The predicted molar refractivity (Wildman–Crippen MR) is 90.9 cm³/mol. The number of nitrogens with one attached hydrogen (secondary N) is 1. The number of benzene rings is 2. The van der Waals surface area contributed by atoms with Crippen LogP contribution in [-0.2, 0) is 26.1 Å². The van der Waals surface area contributed by atoms with E-state index < -0.39 is 44.3 Å². The van der Waals surface area contributed by atoms with E-state index in [2.05, 4.69) is 5.32 Å². The zero-order valence-electron chi connectivity index (χ0n) is 13.8. The van der Waals surface area contributed by atoms with Crippen molar-refractivity contribution in [2.75, 3.05) is 0 Å². The van der Waals surface area contributed by atoms with Gasteiger partial charge in [-0.25, -0.2) is 22.7 Å². The van der Waals surface area contributed by atoms with Gasteiger partial charge in [-0.3, -0.25) is 4.79 Å². The number of ether oxygens (including phenoxy) is 1. The first kappa shape index (κ1) is 19.5. The number of primary sulfonamides is 1. The summed E-state index contributed by atoms with van der Waals surface area (Å²) in [6.45, 7) is 1.55. The van der Waals surface area contributed by atoms with Gasteiger partial charge >= 0.3 is 5.97 Å². The molecule has 9 heteroatoms. The van der Waals surface area contributed by atoms with Crippen LogP contribution in [0.5, 0.6) is 0 Å². The molecule has 1 atom stereocenters. The van der Waals surface area contributed by atoms with Crippen LogP contribution < -0.4 is 10.5 Å². The molecule has 3 N–H and O–H groups in total. The lowest BCUT2D eigenvalue weighted by Crippen LogP contribution is -2.35. The third-order valence-electron chi connectivity index (χ3n) is 3.45. The summed E-state index contributed by atoms with van der Waals surface area (Å²) >= 11 is 0. The van der Waals surface area contributed by atoms with Crippen molar-refractivity contribution in [1.29, 1.82) is 0 Å². The molecule has 0 saturated carbocycles. The second-order valence-corrected chi connectivity index (χ2v) is 7.00. The van der Waals surface area contributed by atoms with Gasteiger partial charge in [0.25, 0.3) is 5.91 Å². The molecular formula is C17H17FN2O5S. The average Bonchev–Trinajstić information content (AvgIpc) is 2.59. The topological polar surface area (TPSA) is 116 Å². The Labute approximate surface area is 150 Å². The Bertz CT molecular complexity index is 916. The fourth-order valence-electron chi connectivity index (χ4n) is 2.04. The highest BCUT2D eigenvalue weighted by Gasteiger charge is 2.22. The molecule has 0 saturated heterocycles.